The first-order valence-electron chi connectivity index (χ1n) is 13.6. The minimum absolute atomic E-state index is 0.00720. The van der Waals surface area contributed by atoms with Crippen LogP contribution in [0.3, 0.4) is 0 Å². The summed E-state index contributed by atoms with van der Waals surface area (Å²) in [7, 11) is 0. The van der Waals surface area contributed by atoms with E-state index >= 15 is 0 Å². The fourth-order valence-electron chi connectivity index (χ4n) is 5.32. The van der Waals surface area contributed by atoms with Crippen molar-refractivity contribution in [2.45, 2.75) is 91.8 Å². The van der Waals surface area contributed by atoms with Gasteiger partial charge in [0.05, 0.1) is 16.8 Å². The third-order valence-corrected chi connectivity index (χ3v) is 7.22. The number of hydrogen-bond acceptors (Lipinski definition) is 7. The van der Waals surface area contributed by atoms with E-state index in [2.05, 4.69) is 15.0 Å². The van der Waals surface area contributed by atoms with Gasteiger partial charge in [-0.3, -0.25) is 4.98 Å². The van der Waals surface area contributed by atoms with E-state index in [1.165, 1.54) is 10.6 Å². The van der Waals surface area contributed by atoms with E-state index in [9.17, 15) is 14.0 Å². The van der Waals surface area contributed by atoms with Crippen LogP contribution in [0.1, 0.15) is 85.4 Å². The molecule has 0 aliphatic carbocycles. The molecule has 0 aromatic carbocycles. The zero-order valence-electron chi connectivity index (χ0n) is 24.6. The van der Waals surface area contributed by atoms with E-state index in [1.807, 2.05) is 73.3 Å². The monoisotopic (exact) mass is 572 g/mol. The summed E-state index contributed by atoms with van der Waals surface area (Å²) in [5.41, 5.74) is 1.20. The van der Waals surface area contributed by atoms with Crippen molar-refractivity contribution in [3.8, 4) is 5.69 Å². The van der Waals surface area contributed by atoms with Gasteiger partial charge in [0.2, 0.25) is 0 Å². The van der Waals surface area contributed by atoms with E-state index in [0.29, 0.717) is 35.7 Å². The van der Waals surface area contributed by atoms with Gasteiger partial charge >= 0.3 is 11.8 Å². The van der Waals surface area contributed by atoms with Gasteiger partial charge in [-0.2, -0.15) is 4.98 Å². The molecule has 2 atom stereocenters. The van der Waals surface area contributed by atoms with E-state index in [-0.39, 0.29) is 34.7 Å². The second kappa shape index (κ2) is 11.0. The van der Waals surface area contributed by atoms with E-state index < -0.39 is 23.2 Å². The van der Waals surface area contributed by atoms with Gasteiger partial charge in [0.1, 0.15) is 11.4 Å². The molecule has 0 radical (unpaired) electrons. The number of nitrogens with zero attached hydrogens (tertiary/aromatic N) is 6. The van der Waals surface area contributed by atoms with Crippen molar-refractivity contribution in [3.05, 3.63) is 51.0 Å². The summed E-state index contributed by atoms with van der Waals surface area (Å²) >= 11 is 6.20. The maximum absolute atomic E-state index is 15.0. The Hall–Kier alpha value is -3.27. The molecule has 3 aromatic rings. The van der Waals surface area contributed by atoms with Crippen LogP contribution in [0.4, 0.5) is 15.0 Å². The van der Waals surface area contributed by atoms with Gasteiger partial charge in [0.25, 0.3) is 0 Å². The van der Waals surface area contributed by atoms with Crippen LogP contribution in [0.15, 0.2) is 23.1 Å². The molecular formula is C29H38ClFN6O3. The second-order valence-electron chi connectivity index (χ2n) is 12.1. The predicted octanol–water partition coefficient (Wildman–Crippen LogP) is 6.05. The highest BCUT2D eigenvalue weighted by atomic mass is 35.5. The van der Waals surface area contributed by atoms with Gasteiger partial charge in [-0.1, -0.05) is 39.3 Å². The molecule has 1 unspecified atom stereocenters. The molecule has 1 fully saturated rings. The summed E-state index contributed by atoms with van der Waals surface area (Å²) in [6, 6.07) is 2.65. The summed E-state index contributed by atoms with van der Waals surface area (Å²) in [5.74, 6) is -0.361. The molecule has 4 heterocycles. The number of carbonyl (C=O) groups excluding carboxylic acids is 1. The number of carbonyl (C=O) groups is 1. The topological polar surface area (TPSA) is 93.5 Å². The Morgan fingerprint density at radius 1 is 1.10 bits per heavy atom. The third kappa shape index (κ3) is 5.64. The lowest BCUT2D eigenvalue weighted by atomic mass is 9.97. The van der Waals surface area contributed by atoms with Crippen molar-refractivity contribution in [1.82, 2.24) is 24.4 Å². The first kappa shape index (κ1) is 29.7. The van der Waals surface area contributed by atoms with Crippen molar-refractivity contribution in [1.29, 1.82) is 0 Å². The van der Waals surface area contributed by atoms with Crippen LogP contribution in [0.5, 0.6) is 0 Å². The summed E-state index contributed by atoms with van der Waals surface area (Å²) in [6.07, 6.45) is 1.33. The van der Waals surface area contributed by atoms with Crippen LogP contribution < -0.4 is 10.6 Å². The SMILES string of the molecule is CC(C)c1ccnc(C(C)C)c1-n1c(=O)nc(N2C(C)CN(C(=O)OC(C)(C)C)C[C@@H]2C)c2cc(F)c(Cl)nc21. The number of ether oxygens (including phenoxy) is 1. The van der Waals surface area contributed by atoms with Crippen LogP contribution in [0.2, 0.25) is 5.15 Å². The Morgan fingerprint density at radius 2 is 1.73 bits per heavy atom. The van der Waals surface area contributed by atoms with Crippen molar-refractivity contribution >= 4 is 34.5 Å². The Labute approximate surface area is 239 Å². The molecule has 0 saturated carbocycles. The van der Waals surface area contributed by atoms with Gasteiger partial charge in [0.15, 0.2) is 16.6 Å². The number of anilines is 1. The molecule has 0 N–H and O–H groups in total. The molecule has 1 saturated heterocycles. The fraction of sp³-hybridized carbons (Fsp3) is 0.552. The lowest BCUT2D eigenvalue weighted by Crippen LogP contribution is -2.59. The highest BCUT2D eigenvalue weighted by molar-refractivity contribution is 6.30. The zero-order chi connectivity index (χ0) is 29.7. The number of hydrogen-bond donors (Lipinski definition) is 0. The normalized spacial score (nSPS) is 18.2. The van der Waals surface area contributed by atoms with Crippen molar-refractivity contribution in [2.24, 2.45) is 0 Å². The molecule has 0 spiro atoms. The van der Waals surface area contributed by atoms with E-state index in [1.54, 1.807) is 11.1 Å². The lowest BCUT2D eigenvalue weighted by molar-refractivity contribution is 0.0192. The number of pyridine rings is 2. The summed E-state index contributed by atoms with van der Waals surface area (Å²) in [6.45, 7) is 18.1. The highest BCUT2D eigenvalue weighted by Gasteiger charge is 2.36. The quantitative estimate of drug-likeness (QED) is 0.351. The minimum atomic E-state index is -0.713. The van der Waals surface area contributed by atoms with Gasteiger partial charge in [-0.05, 0) is 64.2 Å². The molecule has 3 aromatic heterocycles. The van der Waals surface area contributed by atoms with Gasteiger partial charge < -0.3 is 14.5 Å². The Balaban J connectivity index is 1.93. The van der Waals surface area contributed by atoms with Gasteiger partial charge in [0, 0.05) is 31.4 Å². The summed E-state index contributed by atoms with van der Waals surface area (Å²) in [5, 5.41) is 0.00825. The number of aromatic nitrogens is 4. The molecule has 216 valence electrons. The minimum Gasteiger partial charge on any atom is -0.444 e. The Bertz CT molecular complexity index is 1460. The molecule has 1 aliphatic rings. The van der Waals surface area contributed by atoms with Crippen molar-refractivity contribution < 1.29 is 13.9 Å². The van der Waals surface area contributed by atoms with Crippen LogP contribution in [0.25, 0.3) is 16.7 Å². The maximum Gasteiger partial charge on any atom is 0.410 e. The molecule has 1 aliphatic heterocycles. The van der Waals surface area contributed by atoms with Crippen molar-refractivity contribution in [3.63, 3.8) is 0 Å². The molecule has 4 rings (SSSR count). The highest BCUT2D eigenvalue weighted by Crippen LogP contribution is 2.35. The smallest absolute Gasteiger partial charge is 0.410 e. The summed E-state index contributed by atoms with van der Waals surface area (Å²) in [4.78, 5) is 43.8. The Kier molecular flexibility index (Phi) is 8.13. The average Bonchev–Trinajstić information content (AvgIpc) is 2.83. The summed E-state index contributed by atoms with van der Waals surface area (Å²) < 4.78 is 21.9. The lowest BCUT2D eigenvalue weighted by Gasteiger charge is -2.45. The third-order valence-electron chi connectivity index (χ3n) is 6.95. The first-order chi connectivity index (χ1) is 18.6. The fourth-order valence-corrected chi connectivity index (χ4v) is 5.45. The Morgan fingerprint density at radius 3 is 2.27 bits per heavy atom. The van der Waals surface area contributed by atoms with Crippen LogP contribution in [-0.4, -0.2) is 61.3 Å². The number of rotatable bonds is 4. The molecular weight excluding hydrogens is 535 g/mol. The van der Waals surface area contributed by atoms with Crippen molar-refractivity contribution in [2.75, 3.05) is 18.0 Å². The standard InChI is InChI=1S/C29H38ClFN6O3/c1-15(2)19-10-11-32-22(16(3)4)23(19)37-25-20(12-21(31)24(30)33-25)26(34-27(37)38)36-17(5)13-35(14-18(36)6)28(39)40-29(7,8)9/h10-12,15-18H,13-14H2,1-9H3/t17-,18?/m0/s1. The predicted molar refractivity (Wildman–Crippen MR) is 155 cm³/mol. The van der Waals surface area contributed by atoms with E-state index in [4.69, 9.17) is 16.3 Å². The maximum atomic E-state index is 15.0. The number of amides is 1. The largest absolute Gasteiger partial charge is 0.444 e. The van der Waals surface area contributed by atoms with Crippen LogP contribution in [-0.2, 0) is 4.74 Å². The second-order valence-corrected chi connectivity index (χ2v) is 12.5. The van der Waals surface area contributed by atoms with Crippen LogP contribution in [0, 0.1) is 5.82 Å². The first-order valence-corrected chi connectivity index (χ1v) is 14.0. The number of halogens is 2. The molecule has 11 heteroatoms. The molecule has 1 amide bonds. The van der Waals surface area contributed by atoms with Gasteiger partial charge in [-0.15, -0.1) is 0 Å². The molecule has 0 bridgehead atoms. The molecule has 40 heavy (non-hydrogen) atoms. The average molecular weight is 573 g/mol. The molecule has 9 nitrogen and oxygen atoms in total. The van der Waals surface area contributed by atoms with Gasteiger partial charge in [-0.25, -0.2) is 23.5 Å². The number of fused-ring (bicyclic) bond motifs is 1. The number of piperazine rings is 1. The van der Waals surface area contributed by atoms with E-state index in [0.717, 1.165) is 5.56 Å². The zero-order valence-corrected chi connectivity index (χ0v) is 25.4. The van der Waals surface area contributed by atoms with Crippen LogP contribution >= 0.6 is 11.6 Å².